The van der Waals surface area contributed by atoms with Crippen LogP contribution < -0.4 is 0 Å². The molecule has 0 aliphatic heterocycles. The molecule has 0 aromatic carbocycles. The maximum absolute atomic E-state index is 4.46. The molecule has 3 nitrogen and oxygen atoms in total. The normalized spacial score (nSPS) is 9.68. The topological polar surface area (TPSA) is 38.7 Å². The van der Waals surface area contributed by atoms with E-state index in [0.29, 0.717) is 0 Å². The molecule has 0 unspecified atom stereocenters. The van der Waals surface area contributed by atoms with Crippen molar-refractivity contribution in [3.63, 3.8) is 0 Å². The molecule has 3 aromatic rings. The summed E-state index contributed by atoms with van der Waals surface area (Å²) in [6.07, 6.45) is 8.99. The molecule has 0 saturated carbocycles. The van der Waals surface area contributed by atoms with Gasteiger partial charge >= 0.3 is 0 Å². The Morgan fingerprint density at radius 1 is 0.684 bits per heavy atom. The zero-order valence-electron chi connectivity index (χ0n) is 10.0. The first-order valence-corrected chi connectivity index (χ1v) is 5.71. The second-order valence-corrected chi connectivity index (χ2v) is 3.88. The van der Waals surface area contributed by atoms with Gasteiger partial charge in [-0.15, -0.1) is 0 Å². The van der Waals surface area contributed by atoms with Crippen molar-refractivity contribution in [3.05, 3.63) is 67.4 Å². The van der Waals surface area contributed by atoms with E-state index in [9.17, 15) is 0 Å². The second kappa shape index (κ2) is 6.33. The van der Waals surface area contributed by atoms with E-state index in [1.807, 2.05) is 48.8 Å². The first-order chi connectivity index (χ1) is 8.95. The predicted octanol–water partition coefficient (Wildman–Crippen LogP) is 3.20. The van der Waals surface area contributed by atoms with Gasteiger partial charge in [0.05, 0.1) is 5.69 Å². The van der Waals surface area contributed by atoms with Crippen LogP contribution in [0.25, 0.3) is 22.4 Å². The molecule has 96 valence electrons. The fourth-order valence-electron chi connectivity index (χ4n) is 1.89. The Kier molecular flexibility index (Phi) is 4.51. The molecule has 0 atom stereocenters. The molecule has 0 bridgehead atoms. The molecule has 19 heavy (non-hydrogen) atoms. The molecule has 0 spiro atoms. The summed E-state index contributed by atoms with van der Waals surface area (Å²) in [6, 6.07) is 11.9. The molecular formula is C15H11N3Pd. The summed E-state index contributed by atoms with van der Waals surface area (Å²) in [6.45, 7) is 0. The van der Waals surface area contributed by atoms with Crippen molar-refractivity contribution in [3.8, 4) is 22.4 Å². The summed E-state index contributed by atoms with van der Waals surface area (Å²) in [5, 5.41) is 0. The van der Waals surface area contributed by atoms with E-state index in [1.54, 1.807) is 18.6 Å². The first-order valence-electron chi connectivity index (χ1n) is 5.71. The Bertz CT molecular complexity index is 583. The zero-order chi connectivity index (χ0) is 12.2. The number of rotatable bonds is 2. The Labute approximate surface area is 125 Å². The van der Waals surface area contributed by atoms with E-state index in [2.05, 4.69) is 15.0 Å². The maximum atomic E-state index is 4.46. The average molecular weight is 340 g/mol. The van der Waals surface area contributed by atoms with Gasteiger partial charge in [-0.1, -0.05) is 12.1 Å². The molecule has 0 amide bonds. The molecule has 3 heterocycles. The molecule has 4 heteroatoms. The second-order valence-electron chi connectivity index (χ2n) is 3.88. The maximum Gasteiger partial charge on any atom is 0.0796 e. The van der Waals surface area contributed by atoms with Crippen LogP contribution in [0, 0.1) is 0 Å². The molecule has 0 aliphatic rings. The van der Waals surface area contributed by atoms with Gasteiger partial charge in [-0.3, -0.25) is 15.0 Å². The molecule has 0 N–H and O–H groups in total. The number of aromatic nitrogens is 3. The SMILES string of the molecule is [Pd].c1cncc(-c2cccnc2-c2cccnc2)c1. The summed E-state index contributed by atoms with van der Waals surface area (Å²) < 4.78 is 0. The van der Waals surface area contributed by atoms with Gasteiger partial charge in [0.25, 0.3) is 0 Å². The summed E-state index contributed by atoms with van der Waals surface area (Å²) in [7, 11) is 0. The van der Waals surface area contributed by atoms with Crippen molar-refractivity contribution < 1.29 is 20.4 Å². The molecule has 0 radical (unpaired) electrons. The number of hydrogen-bond donors (Lipinski definition) is 0. The number of nitrogens with zero attached hydrogens (tertiary/aromatic N) is 3. The van der Waals surface area contributed by atoms with E-state index in [-0.39, 0.29) is 20.4 Å². The third-order valence-electron chi connectivity index (χ3n) is 2.72. The third kappa shape index (κ3) is 2.93. The first kappa shape index (κ1) is 13.5. The molecule has 0 fully saturated rings. The van der Waals surface area contributed by atoms with Crippen molar-refractivity contribution in [2.75, 3.05) is 0 Å². The van der Waals surface area contributed by atoms with Gasteiger partial charge in [0, 0.05) is 68.1 Å². The van der Waals surface area contributed by atoms with Crippen LogP contribution in [0.15, 0.2) is 67.4 Å². The van der Waals surface area contributed by atoms with Gasteiger partial charge in [0.15, 0.2) is 0 Å². The van der Waals surface area contributed by atoms with Crippen molar-refractivity contribution in [2.45, 2.75) is 0 Å². The Hall–Kier alpha value is -1.89. The minimum atomic E-state index is 0. The van der Waals surface area contributed by atoms with Gasteiger partial charge in [-0.25, -0.2) is 0 Å². The van der Waals surface area contributed by atoms with Crippen LogP contribution in [0.1, 0.15) is 0 Å². The summed E-state index contributed by atoms with van der Waals surface area (Å²) in [5.74, 6) is 0. The van der Waals surface area contributed by atoms with Crippen molar-refractivity contribution >= 4 is 0 Å². The molecular weight excluding hydrogens is 329 g/mol. The van der Waals surface area contributed by atoms with Gasteiger partial charge in [0.2, 0.25) is 0 Å². The Balaban J connectivity index is 0.00000133. The van der Waals surface area contributed by atoms with Gasteiger partial charge in [-0.2, -0.15) is 0 Å². The fourth-order valence-corrected chi connectivity index (χ4v) is 1.89. The molecule has 0 aliphatic carbocycles. The third-order valence-corrected chi connectivity index (χ3v) is 2.72. The van der Waals surface area contributed by atoms with Gasteiger partial charge in [0.1, 0.15) is 0 Å². The summed E-state index contributed by atoms with van der Waals surface area (Å²) in [5.41, 5.74) is 4.07. The molecule has 3 aromatic heterocycles. The summed E-state index contributed by atoms with van der Waals surface area (Å²) in [4.78, 5) is 12.8. The van der Waals surface area contributed by atoms with Crippen molar-refractivity contribution in [1.29, 1.82) is 0 Å². The average Bonchev–Trinajstić information content (AvgIpc) is 2.49. The standard InChI is InChI=1S/C15H11N3.Pd/c1-4-12(10-16-7-1)14-6-3-9-18-15(14)13-5-2-8-17-11-13;/h1-11H;. The van der Waals surface area contributed by atoms with Crippen LogP contribution in [0.2, 0.25) is 0 Å². The number of hydrogen-bond acceptors (Lipinski definition) is 3. The Morgan fingerprint density at radius 2 is 1.32 bits per heavy atom. The minimum absolute atomic E-state index is 0. The van der Waals surface area contributed by atoms with Crippen LogP contribution in [0.3, 0.4) is 0 Å². The fraction of sp³-hybridized carbons (Fsp3) is 0. The van der Waals surface area contributed by atoms with Gasteiger partial charge < -0.3 is 0 Å². The van der Waals surface area contributed by atoms with Crippen LogP contribution in [-0.4, -0.2) is 15.0 Å². The Morgan fingerprint density at radius 3 is 1.95 bits per heavy atom. The van der Waals surface area contributed by atoms with E-state index in [0.717, 1.165) is 22.4 Å². The van der Waals surface area contributed by atoms with E-state index >= 15 is 0 Å². The zero-order valence-corrected chi connectivity index (χ0v) is 11.6. The molecule has 0 saturated heterocycles. The van der Waals surface area contributed by atoms with E-state index in [4.69, 9.17) is 0 Å². The van der Waals surface area contributed by atoms with Crippen LogP contribution in [0.4, 0.5) is 0 Å². The van der Waals surface area contributed by atoms with Crippen molar-refractivity contribution in [1.82, 2.24) is 15.0 Å². The predicted molar refractivity (Wildman–Crippen MR) is 70.7 cm³/mol. The van der Waals surface area contributed by atoms with E-state index < -0.39 is 0 Å². The summed E-state index contributed by atoms with van der Waals surface area (Å²) >= 11 is 0. The van der Waals surface area contributed by atoms with Gasteiger partial charge in [-0.05, 0) is 24.3 Å². The molecule has 3 rings (SSSR count). The van der Waals surface area contributed by atoms with Crippen LogP contribution in [0.5, 0.6) is 0 Å². The largest absolute Gasteiger partial charge is 0.264 e. The van der Waals surface area contributed by atoms with Crippen LogP contribution >= 0.6 is 0 Å². The monoisotopic (exact) mass is 339 g/mol. The van der Waals surface area contributed by atoms with E-state index in [1.165, 1.54) is 0 Å². The van der Waals surface area contributed by atoms with Crippen molar-refractivity contribution in [2.24, 2.45) is 0 Å². The smallest absolute Gasteiger partial charge is 0.0796 e. The van der Waals surface area contributed by atoms with Crippen LogP contribution in [-0.2, 0) is 20.4 Å². The minimum Gasteiger partial charge on any atom is -0.264 e. The quantitative estimate of drug-likeness (QED) is 0.673. The number of pyridine rings is 3.